The van der Waals surface area contributed by atoms with E-state index < -0.39 is 0 Å². The maximum absolute atomic E-state index is 6.45. The number of fused-ring (bicyclic) bond motifs is 6. The van der Waals surface area contributed by atoms with E-state index in [2.05, 4.69) is 170 Å². The van der Waals surface area contributed by atoms with Crippen molar-refractivity contribution in [3.8, 4) is 67.5 Å². The Hall–Kier alpha value is -7.21. The summed E-state index contributed by atoms with van der Waals surface area (Å²) in [6.07, 6.45) is 0. The smallest absolute Gasteiger partial charge is 0.165 e. The van der Waals surface area contributed by atoms with E-state index in [0.717, 1.165) is 76.7 Å². The third kappa shape index (κ3) is 5.40. The average Bonchev–Trinajstić information content (AvgIpc) is 3.85. The predicted molar refractivity (Wildman–Crippen MR) is 233 cm³/mol. The molecule has 56 heavy (non-hydrogen) atoms. The summed E-state index contributed by atoms with van der Waals surface area (Å²) in [4.78, 5) is 15.9. The second-order valence-electron chi connectivity index (χ2n) is 13.9. The van der Waals surface area contributed by atoms with E-state index in [4.69, 9.17) is 19.4 Å². The summed E-state index contributed by atoms with van der Waals surface area (Å²) in [5.74, 6) is 1.89. The number of nitrogens with zero attached hydrogens (tertiary/aromatic N) is 3. The highest BCUT2D eigenvalue weighted by Crippen LogP contribution is 2.42. The van der Waals surface area contributed by atoms with Crippen LogP contribution in [-0.2, 0) is 0 Å². The minimum atomic E-state index is 0.617. The standard InChI is InChI=1S/C51H31N3OS/c1-2-15-32(16-3-1)35-19-4-6-23-42(35)49-52-50(54-51(53-49)44-28-14-27-41-39-22-9-11-30-46(39)56-48(41)44)43-24-7-5-20-36(43)33-17-12-18-34(31-33)37-25-13-26-40-38-21-8-10-29-45(38)55-47(37)40/h1-31H. The number of thiophene rings is 1. The van der Waals surface area contributed by atoms with Crippen LogP contribution in [0.1, 0.15) is 0 Å². The fraction of sp³-hybridized carbons (Fsp3) is 0. The lowest BCUT2D eigenvalue weighted by Gasteiger charge is -2.14. The van der Waals surface area contributed by atoms with Gasteiger partial charge in [-0.1, -0.05) is 164 Å². The van der Waals surface area contributed by atoms with Gasteiger partial charge < -0.3 is 4.42 Å². The van der Waals surface area contributed by atoms with Gasteiger partial charge >= 0.3 is 0 Å². The van der Waals surface area contributed by atoms with Crippen molar-refractivity contribution in [2.75, 3.05) is 0 Å². The molecule has 0 bridgehead atoms. The zero-order valence-electron chi connectivity index (χ0n) is 30.1. The van der Waals surface area contributed by atoms with Gasteiger partial charge in [-0.3, -0.25) is 0 Å². The Morgan fingerprint density at radius 3 is 1.57 bits per heavy atom. The lowest BCUT2D eigenvalue weighted by atomic mass is 9.94. The van der Waals surface area contributed by atoms with Crippen molar-refractivity contribution in [1.29, 1.82) is 0 Å². The van der Waals surface area contributed by atoms with Crippen LogP contribution in [0.25, 0.3) is 110 Å². The number of furan rings is 1. The van der Waals surface area contributed by atoms with Crippen LogP contribution in [0.15, 0.2) is 192 Å². The molecule has 262 valence electrons. The molecular formula is C51H31N3OS. The van der Waals surface area contributed by atoms with E-state index in [0.29, 0.717) is 17.5 Å². The van der Waals surface area contributed by atoms with Crippen molar-refractivity contribution >= 4 is 53.4 Å². The first-order valence-corrected chi connectivity index (χ1v) is 19.5. The molecule has 0 aliphatic rings. The molecule has 0 spiro atoms. The van der Waals surface area contributed by atoms with Crippen LogP contribution in [-0.4, -0.2) is 15.0 Å². The average molecular weight is 734 g/mol. The van der Waals surface area contributed by atoms with Crippen LogP contribution in [0.4, 0.5) is 0 Å². The molecule has 0 amide bonds. The Balaban J connectivity index is 1.12. The zero-order valence-corrected chi connectivity index (χ0v) is 30.9. The molecule has 0 aliphatic carbocycles. The van der Waals surface area contributed by atoms with Crippen molar-refractivity contribution in [1.82, 2.24) is 15.0 Å². The van der Waals surface area contributed by atoms with Crippen molar-refractivity contribution in [3.05, 3.63) is 188 Å². The van der Waals surface area contributed by atoms with E-state index in [1.807, 2.05) is 18.2 Å². The van der Waals surface area contributed by atoms with E-state index in [1.54, 1.807) is 11.3 Å². The second kappa shape index (κ2) is 13.3. The zero-order chi connectivity index (χ0) is 37.0. The summed E-state index contributed by atoms with van der Waals surface area (Å²) >= 11 is 1.78. The third-order valence-electron chi connectivity index (χ3n) is 10.6. The van der Waals surface area contributed by atoms with E-state index in [1.165, 1.54) is 15.5 Å². The van der Waals surface area contributed by atoms with Gasteiger partial charge in [0.15, 0.2) is 17.5 Å². The number of aromatic nitrogens is 3. The first-order valence-electron chi connectivity index (χ1n) is 18.7. The molecule has 5 heteroatoms. The largest absolute Gasteiger partial charge is 0.455 e. The fourth-order valence-electron chi connectivity index (χ4n) is 7.97. The molecule has 0 saturated carbocycles. The van der Waals surface area contributed by atoms with Gasteiger partial charge in [-0.2, -0.15) is 0 Å². The molecular weight excluding hydrogens is 703 g/mol. The van der Waals surface area contributed by atoms with Crippen LogP contribution in [0.3, 0.4) is 0 Å². The van der Waals surface area contributed by atoms with Gasteiger partial charge in [-0.15, -0.1) is 11.3 Å². The number of rotatable bonds is 6. The summed E-state index contributed by atoms with van der Waals surface area (Å²) in [7, 11) is 0. The fourth-order valence-corrected chi connectivity index (χ4v) is 9.18. The number of hydrogen-bond acceptors (Lipinski definition) is 5. The molecule has 11 aromatic rings. The first kappa shape index (κ1) is 32.2. The monoisotopic (exact) mass is 733 g/mol. The molecule has 0 unspecified atom stereocenters. The Labute approximate surface area is 327 Å². The molecule has 4 nitrogen and oxygen atoms in total. The molecule has 0 N–H and O–H groups in total. The van der Waals surface area contributed by atoms with Crippen LogP contribution in [0, 0.1) is 0 Å². The van der Waals surface area contributed by atoms with Gasteiger partial charge in [0.05, 0.1) is 0 Å². The Morgan fingerprint density at radius 1 is 0.339 bits per heavy atom. The van der Waals surface area contributed by atoms with Gasteiger partial charge in [-0.25, -0.2) is 15.0 Å². The van der Waals surface area contributed by atoms with Crippen LogP contribution < -0.4 is 0 Å². The Bertz CT molecular complexity index is 3270. The minimum Gasteiger partial charge on any atom is -0.455 e. The second-order valence-corrected chi connectivity index (χ2v) is 15.0. The Morgan fingerprint density at radius 2 is 0.821 bits per heavy atom. The van der Waals surface area contributed by atoms with Gasteiger partial charge in [0.1, 0.15) is 11.2 Å². The van der Waals surface area contributed by atoms with E-state index in [-0.39, 0.29) is 0 Å². The number of hydrogen-bond donors (Lipinski definition) is 0. The summed E-state index contributed by atoms with van der Waals surface area (Å²) in [5, 5.41) is 4.67. The first-order chi connectivity index (χ1) is 27.8. The van der Waals surface area contributed by atoms with E-state index >= 15 is 0 Å². The molecule has 3 aromatic heterocycles. The quantitative estimate of drug-likeness (QED) is 0.171. The predicted octanol–water partition coefficient (Wildman–Crippen LogP) is 14.1. The van der Waals surface area contributed by atoms with Gasteiger partial charge in [0, 0.05) is 53.2 Å². The summed E-state index contributed by atoms with van der Waals surface area (Å²) in [6.45, 7) is 0. The molecule has 0 saturated heterocycles. The van der Waals surface area contributed by atoms with Crippen LogP contribution in [0.5, 0.6) is 0 Å². The third-order valence-corrected chi connectivity index (χ3v) is 11.8. The molecule has 0 aliphatic heterocycles. The molecule has 11 rings (SSSR count). The topological polar surface area (TPSA) is 51.8 Å². The number of para-hydroxylation sites is 2. The molecule has 8 aromatic carbocycles. The molecule has 0 fully saturated rings. The summed E-state index contributed by atoms with van der Waals surface area (Å²) < 4.78 is 8.85. The Kier molecular flexibility index (Phi) is 7.64. The van der Waals surface area contributed by atoms with Gasteiger partial charge in [-0.05, 0) is 52.1 Å². The summed E-state index contributed by atoms with van der Waals surface area (Å²) in [6, 6.07) is 65.5. The highest BCUT2D eigenvalue weighted by molar-refractivity contribution is 7.26. The maximum atomic E-state index is 6.45. The van der Waals surface area contributed by atoms with Gasteiger partial charge in [0.25, 0.3) is 0 Å². The SMILES string of the molecule is c1ccc(-c2ccccc2-c2nc(-c3ccccc3-c3cccc(-c4cccc5c4oc4ccccc45)c3)nc(-c3cccc4c3sc3ccccc34)n2)cc1. The van der Waals surface area contributed by atoms with Gasteiger partial charge in [0.2, 0.25) is 0 Å². The van der Waals surface area contributed by atoms with Crippen LogP contribution in [0.2, 0.25) is 0 Å². The molecule has 0 radical (unpaired) electrons. The molecule has 3 heterocycles. The maximum Gasteiger partial charge on any atom is 0.165 e. The molecule has 0 atom stereocenters. The van der Waals surface area contributed by atoms with Crippen molar-refractivity contribution in [3.63, 3.8) is 0 Å². The lowest BCUT2D eigenvalue weighted by Crippen LogP contribution is -2.02. The van der Waals surface area contributed by atoms with Crippen molar-refractivity contribution < 1.29 is 4.42 Å². The van der Waals surface area contributed by atoms with Crippen molar-refractivity contribution in [2.24, 2.45) is 0 Å². The highest BCUT2D eigenvalue weighted by Gasteiger charge is 2.20. The minimum absolute atomic E-state index is 0.617. The highest BCUT2D eigenvalue weighted by atomic mass is 32.1. The van der Waals surface area contributed by atoms with Crippen molar-refractivity contribution in [2.45, 2.75) is 0 Å². The van der Waals surface area contributed by atoms with E-state index in [9.17, 15) is 0 Å². The van der Waals surface area contributed by atoms with Crippen LogP contribution >= 0.6 is 11.3 Å². The normalized spacial score (nSPS) is 11.6. The lowest BCUT2D eigenvalue weighted by molar-refractivity contribution is 0.670. The summed E-state index contributed by atoms with van der Waals surface area (Å²) in [5.41, 5.74) is 11.0. The number of benzene rings is 8.